The molecule has 1 aromatic carbocycles. The molecule has 1 aliphatic rings. The van der Waals surface area contributed by atoms with Crippen LogP contribution in [0, 0.1) is 0 Å². The third kappa shape index (κ3) is 2.45. The predicted octanol–water partition coefficient (Wildman–Crippen LogP) is 1.90. The first kappa shape index (κ1) is 13.8. The SMILES string of the molecule is COCn1nc(-c2ccccc2)c2c(c1=O)CCCN2C. The second-order valence-electron chi connectivity index (χ2n) is 5.29. The number of aromatic nitrogens is 2. The summed E-state index contributed by atoms with van der Waals surface area (Å²) in [6.45, 7) is 1.12. The molecule has 0 bridgehead atoms. The molecule has 0 atom stereocenters. The fraction of sp³-hybridized carbons (Fsp3) is 0.375. The summed E-state index contributed by atoms with van der Waals surface area (Å²) in [6.07, 6.45) is 1.79. The molecule has 0 fully saturated rings. The van der Waals surface area contributed by atoms with Crippen molar-refractivity contribution in [3.8, 4) is 11.3 Å². The van der Waals surface area contributed by atoms with Gasteiger partial charge in [0.05, 0.1) is 5.69 Å². The van der Waals surface area contributed by atoms with Crippen molar-refractivity contribution < 1.29 is 4.74 Å². The van der Waals surface area contributed by atoms with Crippen LogP contribution in [0.15, 0.2) is 35.1 Å². The van der Waals surface area contributed by atoms with E-state index >= 15 is 0 Å². The number of fused-ring (bicyclic) bond motifs is 1. The number of methoxy groups -OCH3 is 1. The van der Waals surface area contributed by atoms with Gasteiger partial charge in [-0.2, -0.15) is 5.10 Å². The highest BCUT2D eigenvalue weighted by molar-refractivity contribution is 5.77. The Morgan fingerprint density at radius 1 is 1.29 bits per heavy atom. The van der Waals surface area contributed by atoms with Gasteiger partial charge in [0.25, 0.3) is 5.56 Å². The van der Waals surface area contributed by atoms with Crippen LogP contribution in [0.2, 0.25) is 0 Å². The van der Waals surface area contributed by atoms with Crippen LogP contribution in [0.5, 0.6) is 0 Å². The second kappa shape index (κ2) is 5.69. The lowest BCUT2D eigenvalue weighted by Crippen LogP contribution is -2.35. The molecule has 110 valence electrons. The van der Waals surface area contributed by atoms with Gasteiger partial charge in [-0.15, -0.1) is 0 Å². The Hall–Kier alpha value is -2.14. The van der Waals surface area contributed by atoms with E-state index in [1.165, 1.54) is 4.68 Å². The van der Waals surface area contributed by atoms with Gasteiger partial charge >= 0.3 is 0 Å². The summed E-state index contributed by atoms with van der Waals surface area (Å²) in [5.41, 5.74) is 3.63. The summed E-state index contributed by atoms with van der Waals surface area (Å²) in [6, 6.07) is 9.99. The van der Waals surface area contributed by atoms with Crippen molar-refractivity contribution in [2.45, 2.75) is 19.6 Å². The standard InChI is InChI=1S/C16H19N3O2/c1-18-10-6-9-13-15(18)14(12-7-4-3-5-8-12)17-19(11-21-2)16(13)20/h3-5,7-8H,6,9-11H2,1-2H3. The molecule has 1 aromatic heterocycles. The molecular formula is C16H19N3O2. The summed E-state index contributed by atoms with van der Waals surface area (Å²) >= 11 is 0. The van der Waals surface area contributed by atoms with Crippen LogP contribution in [-0.2, 0) is 17.9 Å². The quantitative estimate of drug-likeness (QED) is 0.864. The van der Waals surface area contributed by atoms with Crippen LogP contribution in [0.3, 0.4) is 0 Å². The lowest BCUT2D eigenvalue weighted by Gasteiger charge is -2.29. The van der Waals surface area contributed by atoms with Crippen molar-refractivity contribution >= 4 is 5.69 Å². The van der Waals surface area contributed by atoms with Gasteiger partial charge in [0.2, 0.25) is 0 Å². The van der Waals surface area contributed by atoms with Gasteiger partial charge in [-0.3, -0.25) is 4.79 Å². The molecule has 0 saturated carbocycles. The Labute approximate surface area is 123 Å². The first-order chi connectivity index (χ1) is 10.2. The van der Waals surface area contributed by atoms with Crippen LogP contribution >= 0.6 is 0 Å². The van der Waals surface area contributed by atoms with Crippen molar-refractivity contribution in [1.29, 1.82) is 0 Å². The maximum Gasteiger partial charge on any atom is 0.274 e. The van der Waals surface area contributed by atoms with Crippen LogP contribution < -0.4 is 10.5 Å². The van der Waals surface area contributed by atoms with Gasteiger partial charge in [-0.1, -0.05) is 30.3 Å². The lowest BCUT2D eigenvalue weighted by molar-refractivity contribution is 0.116. The van der Waals surface area contributed by atoms with E-state index in [-0.39, 0.29) is 12.3 Å². The van der Waals surface area contributed by atoms with Gasteiger partial charge in [0.15, 0.2) is 0 Å². The molecule has 0 amide bonds. The third-order valence-corrected chi connectivity index (χ3v) is 3.82. The van der Waals surface area contributed by atoms with Crippen molar-refractivity contribution in [2.75, 3.05) is 25.6 Å². The van der Waals surface area contributed by atoms with Crippen molar-refractivity contribution in [1.82, 2.24) is 9.78 Å². The first-order valence-corrected chi connectivity index (χ1v) is 7.12. The zero-order valence-electron chi connectivity index (χ0n) is 12.4. The monoisotopic (exact) mass is 285 g/mol. The highest BCUT2D eigenvalue weighted by Crippen LogP contribution is 2.32. The minimum absolute atomic E-state index is 0.0434. The largest absolute Gasteiger partial charge is 0.372 e. The van der Waals surface area contributed by atoms with Crippen molar-refractivity contribution in [3.05, 3.63) is 46.2 Å². The Bertz CT molecular complexity index is 695. The van der Waals surface area contributed by atoms with E-state index in [0.717, 1.165) is 41.9 Å². The summed E-state index contributed by atoms with van der Waals surface area (Å²) in [5, 5.41) is 4.53. The summed E-state index contributed by atoms with van der Waals surface area (Å²) in [7, 11) is 3.59. The second-order valence-corrected chi connectivity index (χ2v) is 5.29. The maximum absolute atomic E-state index is 12.5. The summed E-state index contributed by atoms with van der Waals surface area (Å²) < 4.78 is 6.52. The number of rotatable bonds is 3. The Morgan fingerprint density at radius 3 is 2.76 bits per heavy atom. The van der Waals surface area contributed by atoms with Crippen LogP contribution in [0.25, 0.3) is 11.3 Å². The van der Waals surface area contributed by atoms with Crippen molar-refractivity contribution in [2.24, 2.45) is 0 Å². The molecule has 0 saturated heterocycles. The highest BCUT2D eigenvalue weighted by Gasteiger charge is 2.24. The minimum Gasteiger partial charge on any atom is -0.372 e. The summed E-state index contributed by atoms with van der Waals surface area (Å²) in [5.74, 6) is 0. The van der Waals surface area contributed by atoms with Crippen molar-refractivity contribution in [3.63, 3.8) is 0 Å². The highest BCUT2D eigenvalue weighted by atomic mass is 16.5. The van der Waals surface area contributed by atoms with E-state index in [1.54, 1.807) is 7.11 Å². The molecular weight excluding hydrogens is 266 g/mol. The molecule has 0 spiro atoms. The van der Waals surface area contributed by atoms with E-state index in [2.05, 4.69) is 10.00 Å². The molecule has 5 nitrogen and oxygen atoms in total. The minimum atomic E-state index is -0.0434. The van der Waals surface area contributed by atoms with E-state index in [0.29, 0.717) is 0 Å². The number of hydrogen-bond acceptors (Lipinski definition) is 4. The molecule has 0 unspecified atom stereocenters. The average molecular weight is 285 g/mol. The smallest absolute Gasteiger partial charge is 0.274 e. The van der Waals surface area contributed by atoms with E-state index in [9.17, 15) is 4.79 Å². The number of ether oxygens (including phenoxy) is 1. The molecule has 2 aromatic rings. The zero-order chi connectivity index (χ0) is 14.8. The van der Waals surface area contributed by atoms with E-state index in [4.69, 9.17) is 4.74 Å². The molecule has 0 N–H and O–H groups in total. The normalized spacial score (nSPS) is 14.1. The Morgan fingerprint density at radius 2 is 2.05 bits per heavy atom. The third-order valence-electron chi connectivity index (χ3n) is 3.82. The number of nitrogens with zero attached hydrogens (tertiary/aromatic N) is 3. The number of hydrogen-bond donors (Lipinski definition) is 0. The van der Waals surface area contributed by atoms with E-state index in [1.807, 2.05) is 37.4 Å². The Balaban J connectivity index is 2.27. The summed E-state index contributed by atoms with van der Waals surface area (Å²) in [4.78, 5) is 14.7. The molecule has 1 aliphatic heterocycles. The lowest BCUT2D eigenvalue weighted by atomic mass is 10.00. The van der Waals surface area contributed by atoms with Crippen LogP contribution in [0.4, 0.5) is 5.69 Å². The topological polar surface area (TPSA) is 47.4 Å². The fourth-order valence-electron chi connectivity index (χ4n) is 2.86. The molecule has 3 rings (SSSR count). The van der Waals surface area contributed by atoms with E-state index < -0.39 is 0 Å². The van der Waals surface area contributed by atoms with Crippen LogP contribution in [0.1, 0.15) is 12.0 Å². The van der Waals surface area contributed by atoms with Crippen LogP contribution in [-0.4, -0.2) is 30.5 Å². The molecule has 0 radical (unpaired) electrons. The predicted molar refractivity (Wildman–Crippen MR) is 82.5 cm³/mol. The fourth-order valence-corrected chi connectivity index (χ4v) is 2.86. The number of anilines is 1. The van der Waals surface area contributed by atoms with Gasteiger partial charge in [-0.25, -0.2) is 4.68 Å². The molecule has 21 heavy (non-hydrogen) atoms. The van der Waals surface area contributed by atoms with Gasteiger partial charge in [-0.05, 0) is 12.8 Å². The average Bonchev–Trinajstić information content (AvgIpc) is 2.51. The molecule has 5 heteroatoms. The zero-order valence-corrected chi connectivity index (χ0v) is 12.4. The Kier molecular flexibility index (Phi) is 3.75. The number of benzene rings is 1. The first-order valence-electron chi connectivity index (χ1n) is 7.12. The van der Waals surface area contributed by atoms with Gasteiger partial charge in [0, 0.05) is 31.8 Å². The van der Waals surface area contributed by atoms with Gasteiger partial charge < -0.3 is 9.64 Å². The maximum atomic E-state index is 12.5. The molecule has 2 heterocycles. The van der Waals surface area contributed by atoms with Gasteiger partial charge in [0.1, 0.15) is 12.4 Å². The molecule has 0 aliphatic carbocycles.